The van der Waals surface area contributed by atoms with Crippen molar-refractivity contribution < 1.29 is 9.21 Å². The summed E-state index contributed by atoms with van der Waals surface area (Å²) in [6.45, 7) is 5.98. The Morgan fingerprint density at radius 3 is 2.39 bits per heavy atom. The Balaban J connectivity index is 1.32. The molecule has 0 aliphatic heterocycles. The maximum Gasteiger partial charge on any atom is 0.345 e. The molecule has 1 heterocycles. The molecule has 0 spiro atoms. The highest BCUT2D eigenvalue weighted by Gasteiger charge is 2.54. The van der Waals surface area contributed by atoms with Crippen molar-refractivity contribution in [1.29, 1.82) is 0 Å². The summed E-state index contributed by atoms with van der Waals surface area (Å²) in [7, 11) is 0. The molecule has 2 aromatic rings. The maximum atomic E-state index is 13.0. The molecular weight excluding hydrogens is 390 g/mol. The quantitative estimate of drug-likeness (QED) is 0.429. The minimum Gasteiger partial charge on any atom is -0.422 e. The molecule has 0 saturated heterocycles. The van der Waals surface area contributed by atoms with Gasteiger partial charge in [0.1, 0.15) is 5.58 Å². The zero-order chi connectivity index (χ0) is 21.6. The van der Waals surface area contributed by atoms with Crippen molar-refractivity contribution in [3.8, 4) is 0 Å². The van der Waals surface area contributed by atoms with E-state index in [9.17, 15) is 9.59 Å². The summed E-state index contributed by atoms with van der Waals surface area (Å²) in [6, 6.07) is 7.66. The molecule has 4 bridgehead atoms. The molecule has 4 aliphatic rings. The van der Waals surface area contributed by atoms with Crippen molar-refractivity contribution in [2.45, 2.75) is 52.4 Å². The van der Waals surface area contributed by atoms with Gasteiger partial charge in [0.25, 0.3) is 0 Å². The molecule has 31 heavy (non-hydrogen) atoms. The zero-order valence-electron chi connectivity index (χ0n) is 18.4. The number of carbonyl (C=O) groups excluding carboxylic acids is 1. The van der Waals surface area contributed by atoms with Crippen molar-refractivity contribution in [3.05, 3.63) is 40.2 Å². The largest absolute Gasteiger partial charge is 0.422 e. The summed E-state index contributed by atoms with van der Waals surface area (Å²) in [4.78, 5) is 27.7. The second-order valence-corrected chi connectivity index (χ2v) is 9.78. The number of amides is 1. The first kappa shape index (κ1) is 20.3. The lowest BCUT2D eigenvalue weighted by Gasteiger charge is -2.55. The fourth-order valence-corrected chi connectivity index (χ4v) is 6.66. The SMILES string of the molecule is CCN(CC)c1ccc2cc(C=NNC(=O)C34CC5CC(CC(C5)C3)C4)c(=O)oc2c1. The van der Waals surface area contributed by atoms with E-state index >= 15 is 0 Å². The minimum atomic E-state index is -0.447. The van der Waals surface area contributed by atoms with Gasteiger partial charge in [-0.1, -0.05) is 0 Å². The number of benzene rings is 1. The number of rotatable bonds is 6. The van der Waals surface area contributed by atoms with Crippen LogP contribution in [0.2, 0.25) is 0 Å². The Hall–Kier alpha value is -2.63. The first-order chi connectivity index (χ1) is 15.0. The lowest BCUT2D eigenvalue weighted by atomic mass is 9.49. The van der Waals surface area contributed by atoms with E-state index in [1.54, 1.807) is 6.07 Å². The van der Waals surface area contributed by atoms with Gasteiger partial charge in [-0.3, -0.25) is 4.79 Å². The first-order valence-electron chi connectivity index (χ1n) is 11.7. The van der Waals surface area contributed by atoms with E-state index in [0.29, 0.717) is 28.9 Å². The van der Waals surface area contributed by atoms with Gasteiger partial charge < -0.3 is 9.32 Å². The second-order valence-electron chi connectivity index (χ2n) is 9.78. The molecule has 164 valence electrons. The molecule has 4 aliphatic carbocycles. The number of fused-ring (bicyclic) bond motifs is 1. The van der Waals surface area contributed by atoms with Gasteiger partial charge in [-0.15, -0.1) is 0 Å². The monoisotopic (exact) mass is 421 g/mol. The normalized spacial score (nSPS) is 29.0. The number of nitrogens with zero attached hydrogens (tertiary/aromatic N) is 2. The molecule has 6 heteroatoms. The number of carbonyl (C=O) groups is 1. The minimum absolute atomic E-state index is 0.0249. The van der Waals surface area contributed by atoms with Gasteiger partial charge in [0.05, 0.1) is 17.2 Å². The van der Waals surface area contributed by atoms with Gasteiger partial charge in [0.2, 0.25) is 5.91 Å². The molecule has 0 radical (unpaired) electrons. The number of hydrazone groups is 1. The Kier molecular flexibility index (Phi) is 5.11. The molecule has 4 fully saturated rings. The van der Waals surface area contributed by atoms with Crippen molar-refractivity contribution in [1.82, 2.24) is 5.43 Å². The number of nitrogens with one attached hydrogen (secondary N) is 1. The average molecular weight is 422 g/mol. The molecule has 0 atom stereocenters. The van der Waals surface area contributed by atoms with Crippen LogP contribution in [-0.4, -0.2) is 25.2 Å². The van der Waals surface area contributed by atoms with E-state index in [2.05, 4.69) is 29.3 Å². The first-order valence-corrected chi connectivity index (χ1v) is 11.7. The number of hydrogen-bond acceptors (Lipinski definition) is 5. The lowest BCUT2D eigenvalue weighted by Crippen LogP contribution is -2.52. The molecule has 1 aromatic carbocycles. The predicted octanol–water partition coefficient (Wildman–Crippen LogP) is 4.31. The van der Waals surface area contributed by atoms with Gasteiger partial charge in [-0.25, -0.2) is 10.2 Å². The van der Waals surface area contributed by atoms with Crippen LogP contribution in [-0.2, 0) is 4.79 Å². The predicted molar refractivity (Wildman–Crippen MR) is 122 cm³/mol. The number of anilines is 1. The summed E-state index contributed by atoms with van der Waals surface area (Å²) in [5.41, 5.74) is 3.98. The Bertz CT molecular complexity index is 1050. The van der Waals surface area contributed by atoms with E-state index in [-0.39, 0.29) is 11.3 Å². The van der Waals surface area contributed by atoms with Crippen molar-refractivity contribution in [2.75, 3.05) is 18.0 Å². The Labute approximate surface area is 182 Å². The topological polar surface area (TPSA) is 74.9 Å². The van der Waals surface area contributed by atoms with E-state index in [1.165, 1.54) is 25.5 Å². The molecule has 1 N–H and O–H groups in total. The van der Waals surface area contributed by atoms with Crippen LogP contribution in [0, 0.1) is 23.2 Å². The fourth-order valence-electron chi connectivity index (χ4n) is 6.66. The molecular formula is C25H31N3O3. The van der Waals surface area contributed by atoms with Crippen molar-refractivity contribution >= 4 is 28.8 Å². The fraction of sp³-hybridized carbons (Fsp3) is 0.560. The second kappa shape index (κ2) is 7.81. The smallest absolute Gasteiger partial charge is 0.345 e. The molecule has 1 aromatic heterocycles. The van der Waals surface area contributed by atoms with Crippen LogP contribution < -0.4 is 16.0 Å². The third kappa shape index (κ3) is 3.66. The highest BCUT2D eigenvalue weighted by molar-refractivity contribution is 5.89. The third-order valence-electron chi connectivity index (χ3n) is 7.76. The highest BCUT2D eigenvalue weighted by atomic mass is 16.4. The van der Waals surface area contributed by atoms with E-state index in [4.69, 9.17) is 4.42 Å². The van der Waals surface area contributed by atoms with Crippen molar-refractivity contribution in [2.24, 2.45) is 28.3 Å². The van der Waals surface area contributed by atoms with Crippen LogP contribution in [0.4, 0.5) is 5.69 Å². The van der Waals surface area contributed by atoms with Gasteiger partial charge in [-0.2, -0.15) is 5.10 Å². The van der Waals surface area contributed by atoms with E-state index in [1.807, 2.05) is 18.2 Å². The average Bonchev–Trinajstić information content (AvgIpc) is 2.74. The van der Waals surface area contributed by atoms with Gasteiger partial charge in [0.15, 0.2) is 0 Å². The van der Waals surface area contributed by atoms with Crippen molar-refractivity contribution in [3.63, 3.8) is 0 Å². The molecule has 4 saturated carbocycles. The maximum absolute atomic E-state index is 13.0. The van der Waals surface area contributed by atoms with Gasteiger partial charge >= 0.3 is 5.63 Å². The van der Waals surface area contributed by atoms with Crippen LogP contribution in [0.3, 0.4) is 0 Å². The lowest BCUT2D eigenvalue weighted by molar-refractivity contribution is -0.146. The summed E-state index contributed by atoms with van der Waals surface area (Å²) in [5, 5.41) is 4.98. The van der Waals surface area contributed by atoms with Crippen LogP contribution >= 0.6 is 0 Å². The molecule has 1 amide bonds. The van der Waals surface area contributed by atoms with Crippen LogP contribution in [0.15, 0.2) is 38.6 Å². The van der Waals surface area contributed by atoms with Crippen LogP contribution in [0.1, 0.15) is 57.9 Å². The molecule has 0 unspecified atom stereocenters. The Morgan fingerprint density at radius 1 is 1.13 bits per heavy atom. The molecule has 6 rings (SSSR count). The zero-order valence-corrected chi connectivity index (χ0v) is 18.4. The van der Waals surface area contributed by atoms with E-state index in [0.717, 1.165) is 43.4 Å². The Morgan fingerprint density at radius 2 is 1.77 bits per heavy atom. The van der Waals surface area contributed by atoms with Gasteiger partial charge in [-0.05, 0) is 88.3 Å². The van der Waals surface area contributed by atoms with Crippen LogP contribution in [0.25, 0.3) is 11.0 Å². The number of hydrogen-bond donors (Lipinski definition) is 1. The van der Waals surface area contributed by atoms with Gasteiger partial charge in [0, 0.05) is 30.2 Å². The van der Waals surface area contributed by atoms with Crippen LogP contribution in [0.5, 0.6) is 0 Å². The third-order valence-corrected chi connectivity index (χ3v) is 7.76. The van der Waals surface area contributed by atoms with E-state index < -0.39 is 5.63 Å². The standard InChI is InChI=1S/C25H31N3O3/c1-3-28(4-2)21-6-5-19-10-20(23(29)31-22(19)11-21)15-26-27-24(30)25-12-16-7-17(13-25)9-18(8-16)14-25/h5-6,10-11,15-18H,3-4,7-9,12-14H2,1-2H3,(H,27,30). The summed E-state index contributed by atoms with van der Waals surface area (Å²) < 4.78 is 5.54. The highest BCUT2D eigenvalue weighted by Crippen LogP contribution is 2.60. The summed E-state index contributed by atoms with van der Waals surface area (Å²) in [6.07, 6.45) is 8.29. The molecule has 6 nitrogen and oxygen atoms in total. The summed E-state index contributed by atoms with van der Waals surface area (Å²) in [5.74, 6) is 2.14. The summed E-state index contributed by atoms with van der Waals surface area (Å²) >= 11 is 0.